The third kappa shape index (κ3) is 4.33. The second-order valence-electron chi connectivity index (χ2n) is 7.43. The lowest BCUT2D eigenvalue weighted by Gasteiger charge is -2.11. The fourth-order valence-electron chi connectivity index (χ4n) is 3.51. The first kappa shape index (κ1) is 22.2. The number of nitrogens with one attached hydrogen (secondary N) is 1. The molecule has 170 valence electrons. The third-order valence-electron chi connectivity index (χ3n) is 5.19. The van der Waals surface area contributed by atoms with Crippen molar-refractivity contribution in [2.45, 2.75) is 0 Å². The summed E-state index contributed by atoms with van der Waals surface area (Å²) in [5, 5.41) is 15.2. The molecule has 0 saturated carbocycles. The Bertz CT molecular complexity index is 1510. The van der Waals surface area contributed by atoms with E-state index in [-0.39, 0.29) is 22.8 Å². The Morgan fingerprint density at radius 2 is 1.41 bits per heavy atom. The summed E-state index contributed by atoms with van der Waals surface area (Å²) >= 11 is 0. The Labute approximate surface area is 194 Å². The zero-order valence-corrected chi connectivity index (χ0v) is 18.0. The molecule has 0 unspecified atom stereocenters. The molecule has 1 heterocycles. The van der Waals surface area contributed by atoms with Gasteiger partial charge in [0.05, 0.1) is 16.9 Å². The molecule has 0 radical (unpaired) electrons. The molecule has 0 aliphatic rings. The highest BCUT2D eigenvalue weighted by molar-refractivity contribution is 6.11. The summed E-state index contributed by atoms with van der Waals surface area (Å²) in [7, 11) is 0. The molecule has 0 fully saturated rings. The van der Waals surface area contributed by atoms with Crippen LogP contribution in [-0.2, 0) is 0 Å². The Balaban J connectivity index is 0.000000180. The molecule has 0 saturated heterocycles. The number of fused-ring (bicyclic) bond motifs is 2. The van der Waals surface area contributed by atoms with Gasteiger partial charge in [0.2, 0.25) is 5.76 Å². The highest BCUT2D eigenvalue weighted by Gasteiger charge is 2.17. The van der Waals surface area contributed by atoms with Gasteiger partial charge in [0.25, 0.3) is 11.8 Å². The smallest absolute Gasteiger partial charge is 0.286 e. The van der Waals surface area contributed by atoms with Crippen LogP contribution in [0, 0.1) is 0 Å². The van der Waals surface area contributed by atoms with Crippen LogP contribution in [-0.4, -0.2) is 16.9 Å². The maximum absolute atomic E-state index is 12.3. The first-order valence-corrected chi connectivity index (χ1v) is 10.3. The molecule has 1 aromatic heterocycles. The molecule has 5 rings (SSSR count). The predicted octanol–water partition coefficient (Wildman–Crippen LogP) is 4.49. The molecule has 5 aromatic rings. The molecule has 34 heavy (non-hydrogen) atoms. The van der Waals surface area contributed by atoms with Crippen molar-refractivity contribution in [3.63, 3.8) is 0 Å². The van der Waals surface area contributed by atoms with Crippen molar-refractivity contribution in [3.8, 4) is 5.75 Å². The number of hydrogen-bond donors (Lipinski definition) is 5. The number of nitrogen functional groups attached to an aromatic ring is 2. The van der Waals surface area contributed by atoms with E-state index in [4.69, 9.17) is 21.6 Å². The van der Waals surface area contributed by atoms with Crippen molar-refractivity contribution in [3.05, 3.63) is 96.3 Å². The minimum Gasteiger partial charge on any atom is -0.505 e. The highest BCUT2D eigenvalue weighted by Crippen LogP contribution is 2.34. The van der Waals surface area contributed by atoms with Crippen LogP contribution in [0.5, 0.6) is 5.75 Å². The van der Waals surface area contributed by atoms with Crippen LogP contribution in [0.25, 0.3) is 21.7 Å². The Hall–Kier alpha value is -4.98. The topological polar surface area (TPSA) is 158 Å². The van der Waals surface area contributed by atoms with Gasteiger partial charge in [-0.2, -0.15) is 0 Å². The molecule has 8 N–H and O–H groups in total. The first-order valence-electron chi connectivity index (χ1n) is 10.3. The number of phenolic OH excluding ortho intramolecular Hbond substituents is 1. The van der Waals surface area contributed by atoms with Crippen molar-refractivity contribution < 1.29 is 19.1 Å². The first-order chi connectivity index (χ1) is 16.4. The quantitative estimate of drug-likeness (QED) is 0.200. The van der Waals surface area contributed by atoms with E-state index < -0.39 is 11.8 Å². The van der Waals surface area contributed by atoms with Gasteiger partial charge in [-0.3, -0.25) is 9.59 Å². The number of para-hydroxylation sites is 2. The molecule has 0 bridgehead atoms. The average Bonchev–Trinajstić information content (AvgIpc) is 3.19. The summed E-state index contributed by atoms with van der Waals surface area (Å²) in [5.41, 5.74) is 18.6. The Kier molecular flexibility index (Phi) is 6.05. The van der Waals surface area contributed by atoms with Gasteiger partial charge in [0.15, 0.2) is 5.75 Å². The van der Waals surface area contributed by atoms with Gasteiger partial charge in [0, 0.05) is 16.5 Å². The summed E-state index contributed by atoms with van der Waals surface area (Å²) in [6, 6.07) is 25.2. The lowest BCUT2D eigenvalue weighted by Crippen LogP contribution is -2.12. The fraction of sp³-hybridized carbons (Fsp3) is 0. The highest BCUT2D eigenvalue weighted by atomic mass is 16.3. The lowest BCUT2D eigenvalue weighted by molar-refractivity contribution is 0.0975. The van der Waals surface area contributed by atoms with E-state index in [2.05, 4.69) is 5.32 Å². The van der Waals surface area contributed by atoms with Crippen molar-refractivity contribution in [1.82, 2.24) is 0 Å². The molecule has 8 heteroatoms. The van der Waals surface area contributed by atoms with Gasteiger partial charge in [-0.15, -0.1) is 0 Å². The van der Waals surface area contributed by atoms with E-state index in [1.807, 2.05) is 48.5 Å². The molecule has 0 atom stereocenters. The number of primary amides is 1. The predicted molar refractivity (Wildman–Crippen MR) is 134 cm³/mol. The van der Waals surface area contributed by atoms with E-state index in [0.29, 0.717) is 17.0 Å². The maximum atomic E-state index is 12.3. The average molecular weight is 454 g/mol. The number of carbonyl (C=O) groups is 2. The van der Waals surface area contributed by atoms with Gasteiger partial charge < -0.3 is 32.0 Å². The number of rotatable bonds is 3. The zero-order valence-electron chi connectivity index (χ0n) is 18.0. The number of furan rings is 1. The van der Waals surface area contributed by atoms with Crippen LogP contribution >= 0.6 is 0 Å². The van der Waals surface area contributed by atoms with Crippen LogP contribution in [0.4, 0.5) is 17.1 Å². The summed E-state index contributed by atoms with van der Waals surface area (Å²) in [5.74, 6) is -1.20. The number of carbonyl (C=O) groups excluding carboxylic acids is 2. The van der Waals surface area contributed by atoms with Gasteiger partial charge in [-0.05, 0) is 35.7 Å². The summed E-state index contributed by atoms with van der Waals surface area (Å²) in [6.45, 7) is 0. The van der Waals surface area contributed by atoms with Gasteiger partial charge >= 0.3 is 0 Å². The normalized spacial score (nSPS) is 10.5. The number of benzene rings is 4. The largest absolute Gasteiger partial charge is 0.505 e. The summed E-state index contributed by atoms with van der Waals surface area (Å²) in [4.78, 5) is 23.1. The molecule has 2 amide bonds. The van der Waals surface area contributed by atoms with E-state index in [9.17, 15) is 14.7 Å². The van der Waals surface area contributed by atoms with Crippen LogP contribution in [0.3, 0.4) is 0 Å². The number of phenols is 1. The minimum atomic E-state index is -0.645. The van der Waals surface area contributed by atoms with Crippen LogP contribution < -0.4 is 22.5 Å². The minimum absolute atomic E-state index is 0.0289. The standard InChI is InChI=1S/C17H14N2O2.C9H8N2O2/c18-15-13-9-5-4-6-11(13)10-14(16(15)20)17(21)19-12-7-2-1-3-8-12;10-7-5-3-1-2-4-6(5)13-8(7)9(11)12/h1-10,20H,18H2,(H,19,21);1-4H,10H2,(H2,11,12). The Morgan fingerprint density at radius 3 is 2.09 bits per heavy atom. The molecule has 4 aromatic carbocycles. The summed E-state index contributed by atoms with van der Waals surface area (Å²) in [6.07, 6.45) is 0. The molecular weight excluding hydrogens is 432 g/mol. The number of anilines is 3. The third-order valence-corrected chi connectivity index (χ3v) is 5.19. The van der Waals surface area contributed by atoms with Crippen LogP contribution in [0.15, 0.2) is 89.3 Å². The fourth-order valence-corrected chi connectivity index (χ4v) is 3.51. The lowest BCUT2D eigenvalue weighted by atomic mass is 10.0. The SMILES string of the molecule is NC(=O)c1oc2ccccc2c1N.Nc1c(O)c(C(=O)Nc2ccccc2)cc2ccccc12. The van der Waals surface area contributed by atoms with Crippen LogP contribution in [0.1, 0.15) is 20.9 Å². The van der Waals surface area contributed by atoms with Gasteiger partial charge in [-0.25, -0.2) is 0 Å². The molecule has 8 nitrogen and oxygen atoms in total. The number of nitrogens with two attached hydrogens (primary N) is 3. The van der Waals surface area contributed by atoms with E-state index in [0.717, 1.165) is 16.2 Å². The van der Waals surface area contributed by atoms with Gasteiger partial charge in [0.1, 0.15) is 5.58 Å². The van der Waals surface area contributed by atoms with Crippen molar-refractivity contribution in [2.75, 3.05) is 16.8 Å². The monoisotopic (exact) mass is 454 g/mol. The van der Waals surface area contributed by atoms with Crippen molar-refractivity contribution in [1.29, 1.82) is 0 Å². The second kappa shape index (κ2) is 9.25. The van der Waals surface area contributed by atoms with Crippen molar-refractivity contribution >= 4 is 50.6 Å². The van der Waals surface area contributed by atoms with E-state index in [1.54, 1.807) is 36.4 Å². The number of hydrogen-bond acceptors (Lipinski definition) is 6. The molecule has 0 aliphatic carbocycles. The zero-order chi connectivity index (χ0) is 24.2. The molecule has 0 spiro atoms. The van der Waals surface area contributed by atoms with E-state index >= 15 is 0 Å². The number of aromatic hydroxyl groups is 1. The van der Waals surface area contributed by atoms with Gasteiger partial charge in [-0.1, -0.05) is 54.6 Å². The van der Waals surface area contributed by atoms with Crippen LogP contribution in [0.2, 0.25) is 0 Å². The van der Waals surface area contributed by atoms with E-state index in [1.165, 1.54) is 0 Å². The second-order valence-corrected chi connectivity index (χ2v) is 7.43. The van der Waals surface area contributed by atoms with Crippen molar-refractivity contribution in [2.24, 2.45) is 5.73 Å². The maximum Gasteiger partial charge on any atom is 0.286 e. The summed E-state index contributed by atoms with van der Waals surface area (Å²) < 4.78 is 5.16. The molecule has 0 aliphatic heterocycles. The Morgan fingerprint density at radius 1 is 0.794 bits per heavy atom. The molecular formula is C26H22N4O4. The number of amides is 2.